The highest BCUT2D eigenvalue weighted by atomic mass is 35.5. The van der Waals surface area contributed by atoms with Crippen LogP contribution in [-0.4, -0.2) is 31.9 Å². The molecule has 0 aliphatic carbocycles. The van der Waals surface area contributed by atoms with Crippen molar-refractivity contribution in [1.82, 2.24) is 5.32 Å². The van der Waals surface area contributed by atoms with E-state index >= 15 is 0 Å². The standard InChI is InChI=1S/C14H14ClNO3S2/c1-8-3-2-4-10-11(8)12(15)13(20-10)14(17)16-9-5-6-21(18,19)7-9/h2-4,9H,5-7H2,1H3,(H,16,17)/t9-/m0/s1. The number of halogens is 1. The number of benzene rings is 1. The summed E-state index contributed by atoms with van der Waals surface area (Å²) < 4.78 is 23.8. The molecule has 1 N–H and O–H groups in total. The number of amides is 1. The molecule has 3 rings (SSSR count). The van der Waals surface area contributed by atoms with Gasteiger partial charge in [0.2, 0.25) is 0 Å². The Morgan fingerprint density at radius 3 is 2.81 bits per heavy atom. The van der Waals surface area contributed by atoms with Gasteiger partial charge in [-0.15, -0.1) is 11.3 Å². The first kappa shape index (κ1) is 14.8. The Labute approximate surface area is 132 Å². The molecule has 2 heterocycles. The van der Waals surface area contributed by atoms with E-state index in [1.807, 2.05) is 25.1 Å². The number of thiophene rings is 1. The first-order valence-electron chi connectivity index (χ1n) is 6.56. The summed E-state index contributed by atoms with van der Waals surface area (Å²) in [5.74, 6) is -0.139. The first-order chi connectivity index (χ1) is 9.87. The third kappa shape index (κ3) is 2.80. The highest BCUT2D eigenvalue weighted by molar-refractivity contribution is 7.91. The maximum Gasteiger partial charge on any atom is 0.263 e. The summed E-state index contributed by atoms with van der Waals surface area (Å²) in [5, 5.41) is 4.13. The number of nitrogens with one attached hydrogen (secondary N) is 1. The van der Waals surface area contributed by atoms with Gasteiger partial charge >= 0.3 is 0 Å². The topological polar surface area (TPSA) is 63.2 Å². The van der Waals surface area contributed by atoms with Crippen LogP contribution in [0.3, 0.4) is 0 Å². The Morgan fingerprint density at radius 1 is 1.43 bits per heavy atom. The van der Waals surface area contributed by atoms with Crippen LogP contribution in [0.5, 0.6) is 0 Å². The molecule has 1 amide bonds. The molecule has 1 saturated heterocycles. The molecule has 0 bridgehead atoms. The highest BCUT2D eigenvalue weighted by Crippen LogP contribution is 2.37. The minimum Gasteiger partial charge on any atom is -0.348 e. The van der Waals surface area contributed by atoms with Crippen LogP contribution in [0, 0.1) is 6.92 Å². The molecule has 0 radical (unpaired) electrons. The van der Waals surface area contributed by atoms with E-state index < -0.39 is 9.84 Å². The molecule has 0 spiro atoms. The Morgan fingerprint density at radius 2 is 2.19 bits per heavy atom. The quantitative estimate of drug-likeness (QED) is 0.912. The van der Waals surface area contributed by atoms with Gasteiger partial charge in [-0.25, -0.2) is 8.42 Å². The first-order valence-corrected chi connectivity index (χ1v) is 9.58. The minimum absolute atomic E-state index is 0.0142. The molecular formula is C14H14ClNO3S2. The third-order valence-electron chi connectivity index (χ3n) is 3.64. The van der Waals surface area contributed by atoms with Crippen molar-refractivity contribution < 1.29 is 13.2 Å². The third-order valence-corrected chi connectivity index (χ3v) is 7.05. The molecule has 1 aromatic carbocycles. The van der Waals surface area contributed by atoms with Crippen molar-refractivity contribution in [3.8, 4) is 0 Å². The summed E-state index contributed by atoms with van der Waals surface area (Å²) in [6.07, 6.45) is 0.468. The number of sulfone groups is 1. The number of fused-ring (bicyclic) bond motifs is 1. The molecule has 1 fully saturated rings. The Balaban J connectivity index is 1.89. The molecule has 1 atom stereocenters. The van der Waals surface area contributed by atoms with Gasteiger partial charge < -0.3 is 5.32 Å². The summed E-state index contributed by atoms with van der Waals surface area (Å²) in [6, 6.07) is 5.49. The molecule has 112 valence electrons. The molecule has 1 aromatic heterocycles. The number of carbonyl (C=O) groups excluding carboxylic acids is 1. The summed E-state index contributed by atoms with van der Waals surface area (Å²) in [7, 11) is -3.01. The van der Waals surface area contributed by atoms with E-state index in [0.717, 1.165) is 15.6 Å². The van der Waals surface area contributed by atoms with E-state index in [0.29, 0.717) is 16.3 Å². The summed E-state index contributed by atoms with van der Waals surface area (Å²) >= 11 is 7.67. The number of hydrogen-bond donors (Lipinski definition) is 1. The van der Waals surface area contributed by atoms with E-state index in [-0.39, 0.29) is 23.5 Å². The van der Waals surface area contributed by atoms with E-state index in [1.54, 1.807) is 0 Å². The van der Waals surface area contributed by atoms with Crippen molar-refractivity contribution in [3.05, 3.63) is 33.7 Å². The minimum atomic E-state index is -3.01. The molecule has 1 aliphatic heterocycles. The molecule has 1 aliphatic rings. The Kier molecular flexibility index (Phi) is 3.71. The van der Waals surface area contributed by atoms with Gasteiger partial charge in [0.25, 0.3) is 5.91 Å². The van der Waals surface area contributed by atoms with E-state index in [1.165, 1.54) is 11.3 Å². The van der Waals surface area contributed by atoms with Crippen LogP contribution in [-0.2, 0) is 9.84 Å². The van der Waals surface area contributed by atoms with Gasteiger partial charge in [-0.05, 0) is 25.0 Å². The summed E-state index contributed by atoms with van der Waals surface area (Å²) in [5.41, 5.74) is 1.02. The number of rotatable bonds is 2. The zero-order valence-electron chi connectivity index (χ0n) is 11.3. The van der Waals surface area contributed by atoms with Crippen molar-refractivity contribution in [2.45, 2.75) is 19.4 Å². The van der Waals surface area contributed by atoms with Gasteiger partial charge in [0, 0.05) is 16.1 Å². The number of carbonyl (C=O) groups is 1. The fraction of sp³-hybridized carbons (Fsp3) is 0.357. The summed E-state index contributed by atoms with van der Waals surface area (Å²) in [6.45, 7) is 1.95. The van der Waals surface area contributed by atoms with Crippen molar-refractivity contribution in [2.24, 2.45) is 0 Å². The summed E-state index contributed by atoms with van der Waals surface area (Å²) in [4.78, 5) is 12.8. The average molecular weight is 344 g/mol. The fourth-order valence-electron chi connectivity index (χ4n) is 2.58. The molecule has 7 heteroatoms. The van der Waals surface area contributed by atoms with Crippen molar-refractivity contribution in [3.63, 3.8) is 0 Å². The lowest BCUT2D eigenvalue weighted by Gasteiger charge is -2.09. The van der Waals surface area contributed by atoms with Crippen molar-refractivity contribution in [2.75, 3.05) is 11.5 Å². The van der Waals surface area contributed by atoms with E-state index in [4.69, 9.17) is 11.6 Å². The second-order valence-corrected chi connectivity index (χ2v) is 8.93. The van der Waals surface area contributed by atoms with Gasteiger partial charge in [-0.3, -0.25) is 4.79 Å². The lowest BCUT2D eigenvalue weighted by Crippen LogP contribution is -2.35. The monoisotopic (exact) mass is 343 g/mol. The maximum atomic E-state index is 12.3. The highest BCUT2D eigenvalue weighted by Gasteiger charge is 2.30. The predicted molar refractivity (Wildman–Crippen MR) is 86.1 cm³/mol. The SMILES string of the molecule is Cc1cccc2sc(C(=O)N[C@H]3CCS(=O)(=O)C3)c(Cl)c12. The molecule has 2 aromatic rings. The van der Waals surface area contributed by atoms with Crippen molar-refractivity contribution >= 4 is 48.8 Å². The zero-order chi connectivity index (χ0) is 15.2. The largest absolute Gasteiger partial charge is 0.348 e. The predicted octanol–water partition coefficient (Wildman–Crippen LogP) is 2.78. The second kappa shape index (κ2) is 5.26. The maximum absolute atomic E-state index is 12.3. The average Bonchev–Trinajstić information content (AvgIpc) is 2.91. The van der Waals surface area contributed by atoms with Crippen molar-refractivity contribution in [1.29, 1.82) is 0 Å². The molecule has 0 unspecified atom stereocenters. The van der Waals surface area contributed by atoms with Gasteiger partial charge in [-0.2, -0.15) is 0 Å². The Hall–Kier alpha value is -1.11. The second-order valence-electron chi connectivity index (χ2n) is 5.27. The lowest BCUT2D eigenvalue weighted by atomic mass is 10.1. The van der Waals surface area contributed by atoms with Gasteiger partial charge in [0.05, 0.1) is 16.5 Å². The number of aryl methyl sites for hydroxylation is 1. The van der Waals surface area contributed by atoms with Crippen LogP contribution in [0.25, 0.3) is 10.1 Å². The van der Waals surface area contributed by atoms with Crippen LogP contribution in [0.15, 0.2) is 18.2 Å². The lowest BCUT2D eigenvalue weighted by molar-refractivity contribution is 0.0945. The normalized spacial score (nSPS) is 20.8. The van der Waals surface area contributed by atoms with Gasteiger partial charge in [0.1, 0.15) is 4.88 Å². The fourth-order valence-corrected chi connectivity index (χ4v) is 5.84. The molecule has 21 heavy (non-hydrogen) atoms. The molecule has 4 nitrogen and oxygen atoms in total. The molecule has 0 saturated carbocycles. The van der Waals surface area contributed by atoms with Crippen LogP contribution in [0.4, 0.5) is 0 Å². The van der Waals surface area contributed by atoms with Crippen LogP contribution in [0.1, 0.15) is 21.7 Å². The van der Waals surface area contributed by atoms with Gasteiger partial charge in [-0.1, -0.05) is 23.7 Å². The smallest absolute Gasteiger partial charge is 0.263 e. The van der Waals surface area contributed by atoms with Crippen LogP contribution in [0.2, 0.25) is 5.02 Å². The molecular weight excluding hydrogens is 330 g/mol. The Bertz CT molecular complexity index is 826. The number of hydrogen-bond acceptors (Lipinski definition) is 4. The van der Waals surface area contributed by atoms with Gasteiger partial charge in [0.15, 0.2) is 9.84 Å². The van der Waals surface area contributed by atoms with Crippen LogP contribution < -0.4 is 5.32 Å². The van der Waals surface area contributed by atoms with E-state index in [9.17, 15) is 13.2 Å². The van der Waals surface area contributed by atoms with E-state index in [2.05, 4.69) is 5.32 Å². The zero-order valence-corrected chi connectivity index (χ0v) is 13.7. The van der Waals surface area contributed by atoms with Crippen LogP contribution >= 0.6 is 22.9 Å².